The van der Waals surface area contributed by atoms with Gasteiger partial charge in [-0.2, -0.15) is 10.5 Å². The van der Waals surface area contributed by atoms with Crippen LogP contribution in [0.4, 0.5) is 21.2 Å². The smallest absolute Gasteiger partial charge is 0.412 e. The van der Waals surface area contributed by atoms with E-state index in [-0.39, 0.29) is 11.4 Å². The van der Waals surface area contributed by atoms with Crippen LogP contribution in [-0.4, -0.2) is 219 Å². The number of nitrogens with one attached hydrogen (secondary N) is 1. The van der Waals surface area contributed by atoms with Crippen molar-refractivity contribution in [3.05, 3.63) is 94.3 Å². The molecule has 428 valence electrons. The molecule has 4 amide bonds. The second kappa shape index (κ2) is 31.5. The fraction of sp³-hybridized carbons (Fsp3) is 0.391. The quantitative estimate of drug-likeness (QED) is 0.0795. The maximum Gasteiger partial charge on any atom is 0.412 e. The number of anilines is 2. The minimum absolute atomic E-state index is 0.144. The normalized spacial score (nSPS) is 17.6. The lowest BCUT2D eigenvalue weighted by Crippen LogP contribution is -3.12. The zero-order valence-electron chi connectivity index (χ0n) is 42.6. The topological polar surface area (TPSA) is 465 Å². The number of aliphatic hydroxyl groups excluding tert-OH is 4. The van der Waals surface area contributed by atoms with Crippen LogP contribution < -0.4 is 19.8 Å². The zero-order chi connectivity index (χ0) is 60.0. The number of hydrogen-bond donors (Lipinski definition) is 8. The van der Waals surface area contributed by atoms with Gasteiger partial charge in [0, 0.05) is 77.2 Å². The largest absolute Gasteiger partial charge is 0.547 e. The number of quaternary nitrogens is 1. The number of hydrogen-bond acceptors (Lipinski definition) is 24. The Kier molecular flexibility index (Phi) is 25.8. The standard InChI is InChI=1S/2C17H17ClN6O3.2C4H6O6.2C2H3N/c2*1-22-6-8-23(9-7-22)17(26)27-16-14-13(19-4-5-20-14)15(25)24(16)12-3-2-11(18)10-21-12;2*5-1(3(7)8)2(6)4(9)10;2*1-2-3/h2*2-5,10,16H,6-9H2,1H3;2*1-2,5-6H,(H,7,8)(H,9,10);2*1H3/t16-;;2*1-,2-;;/m0.11../s1. The maximum atomic E-state index is 12.8. The van der Waals surface area contributed by atoms with Gasteiger partial charge in [0.25, 0.3) is 11.8 Å². The van der Waals surface area contributed by atoms with Crippen molar-refractivity contribution in [1.29, 1.82) is 10.5 Å². The Morgan fingerprint density at radius 1 is 0.613 bits per heavy atom. The molecule has 34 heteroatoms. The fourth-order valence-electron chi connectivity index (χ4n) is 6.69. The highest BCUT2D eigenvalue weighted by Gasteiger charge is 2.46. The number of carbonyl (C=O) groups excluding carboxylic acids is 5. The van der Waals surface area contributed by atoms with Gasteiger partial charge in [-0.15, -0.1) is 0 Å². The van der Waals surface area contributed by atoms with Gasteiger partial charge in [-0.05, 0) is 31.3 Å². The van der Waals surface area contributed by atoms with E-state index in [0.29, 0.717) is 59.2 Å². The number of aliphatic hydroxyl groups is 4. The van der Waals surface area contributed by atoms with Gasteiger partial charge in [-0.1, -0.05) is 23.2 Å². The number of ether oxygens (including phenoxy) is 2. The predicted octanol–water partition coefficient (Wildman–Crippen LogP) is -2.80. The van der Waals surface area contributed by atoms with Gasteiger partial charge in [-0.25, -0.2) is 53.7 Å². The second-order valence-electron chi connectivity index (χ2n) is 16.4. The number of likely N-dealkylation sites (N-methyl/N-ethyl adjacent to an activating group) is 2. The minimum atomic E-state index is -2.38. The lowest BCUT2D eigenvalue weighted by Gasteiger charge is -2.33. The maximum absolute atomic E-state index is 12.8. The van der Waals surface area contributed by atoms with Crippen LogP contribution in [0.2, 0.25) is 10.0 Å². The molecule has 0 radical (unpaired) electrons. The molecule has 4 aliphatic rings. The third-order valence-electron chi connectivity index (χ3n) is 10.8. The van der Waals surface area contributed by atoms with Crippen molar-refractivity contribution < 1.29 is 93.6 Å². The third-order valence-corrected chi connectivity index (χ3v) is 11.3. The van der Waals surface area contributed by atoms with Gasteiger partial charge in [0.15, 0.2) is 29.7 Å². The molecule has 2 saturated heterocycles. The molecular weight excluding hydrogens is 1110 g/mol. The minimum Gasteiger partial charge on any atom is -0.547 e. The highest BCUT2D eigenvalue weighted by molar-refractivity contribution is 6.30. The summed E-state index contributed by atoms with van der Waals surface area (Å²) < 4.78 is 11.4. The molecule has 8 heterocycles. The summed E-state index contributed by atoms with van der Waals surface area (Å²) in [4.78, 5) is 124. The molecule has 1 unspecified atom stereocenters. The molecule has 0 bridgehead atoms. The van der Waals surface area contributed by atoms with Gasteiger partial charge in [0.1, 0.15) is 29.1 Å². The Bertz CT molecular complexity index is 2660. The number of carbonyl (C=O) groups is 8. The van der Waals surface area contributed by atoms with Crippen molar-refractivity contribution in [1.82, 2.24) is 44.6 Å². The van der Waals surface area contributed by atoms with Gasteiger partial charge in [0.05, 0.1) is 61.4 Å². The summed E-state index contributed by atoms with van der Waals surface area (Å²) >= 11 is 11.8. The molecule has 32 nitrogen and oxygen atoms in total. The Labute approximate surface area is 463 Å². The summed E-state index contributed by atoms with van der Waals surface area (Å²) in [5.41, 5.74) is 0.884. The third kappa shape index (κ3) is 18.1. The molecule has 8 N–H and O–H groups in total. The first-order valence-corrected chi connectivity index (χ1v) is 23.8. The molecule has 8 rings (SSSR count). The molecule has 4 aliphatic heterocycles. The van der Waals surface area contributed by atoms with Crippen molar-refractivity contribution in [2.45, 2.75) is 50.7 Å². The molecule has 80 heavy (non-hydrogen) atoms. The van der Waals surface area contributed by atoms with E-state index < -0.39 is 84.7 Å². The van der Waals surface area contributed by atoms with Gasteiger partial charge >= 0.3 is 30.1 Å². The number of aromatic nitrogens is 6. The molecule has 4 aromatic rings. The Morgan fingerprint density at radius 3 is 1.26 bits per heavy atom. The van der Waals surface area contributed by atoms with E-state index in [1.165, 1.54) is 65.7 Å². The Balaban J connectivity index is 0.000000295. The molecule has 0 spiro atoms. The van der Waals surface area contributed by atoms with E-state index in [0.717, 1.165) is 26.2 Å². The number of piperazine rings is 2. The first-order chi connectivity index (χ1) is 37.8. The summed E-state index contributed by atoms with van der Waals surface area (Å²) in [6, 6.07) is 9.90. The highest BCUT2D eigenvalue weighted by Crippen LogP contribution is 2.37. The van der Waals surface area contributed by atoms with Crippen LogP contribution in [0, 0.1) is 22.7 Å². The first kappa shape index (κ1) is 65.4. The van der Waals surface area contributed by atoms with Gasteiger partial charge in [0.2, 0.25) is 12.5 Å². The van der Waals surface area contributed by atoms with E-state index in [1.54, 1.807) is 46.2 Å². The summed E-state index contributed by atoms with van der Waals surface area (Å²) in [7, 11) is 4.08. The number of aliphatic carboxylic acids is 4. The van der Waals surface area contributed by atoms with Gasteiger partial charge in [-0.3, -0.25) is 24.5 Å². The molecule has 0 aliphatic carbocycles. The summed E-state index contributed by atoms with van der Waals surface area (Å²) in [5.74, 6) is -7.60. The van der Waals surface area contributed by atoms with Gasteiger partial charge < -0.3 is 69.8 Å². The van der Waals surface area contributed by atoms with E-state index in [4.69, 9.17) is 78.9 Å². The molecule has 4 aromatic heterocycles. The fourth-order valence-corrected chi connectivity index (χ4v) is 6.92. The molecule has 6 atom stereocenters. The van der Waals surface area contributed by atoms with Crippen LogP contribution in [0.25, 0.3) is 0 Å². The van der Waals surface area contributed by atoms with E-state index in [9.17, 15) is 43.5 Å². The van der Waals surface area contributed by atoms with Crippen LogP contribution in [0.15, 0.2) is 61.4 Å². The monoisotopic (exact) mass is 1160 g/mol. The molecule has 0 saturated carbocycles. The number of amides is 4. The predicted molar refractivity (Wildman–Crippen MR) is 266 cm³/mol. The van der Waals surface area contributed by atoms with Crippen LogP contribution in [0.5, 0.6) is 0 Å². The number of nitrogens with zero attached hydrogens (tertiary/aromatic N) is 13. The number of nitriles is 2. The number of carboxylic acid groups (broad SMARTS) is 4. The molecular formula is C46H52Cl2N14O18. The Morgan fingerprint density at radius 2 is 0.950 bits per heavy atom. The number of fused-ring (bicyclic) bond motifs is 2. The van der Waals surface area contributed by atoms with E-state index >= 15 is 0 Å². The van der Waals surface area contributed by atoms with Crippen LogP contribution in [0.3, 0.4) is 0 Å². The van der Waals surface area contributed by atoms with Crippen LogP contribution >= 0.6 is 23.2 Å². The number of halogens is 2. The molecule has 2 fully saturated rings. The van der Waals surface area contributed by atoms with Crippen molar-refractivity contribution >= 4 is 82.7 Å². The Hall–Kier alpha value is -8.86. The zero-order valence-corrected chi connectivity index (χ0v) is 44.1. The van der Waals surface area contributed by atoms with Crippen LogP contribution in [0.1, 0.15) is 58.7 Å². The number of pyridine rings is 2. The summed E-state index contributed by atoms with van der Waals surface area (Å²) in [6.07, 6.45) is -3.65. The lowest BCUT2D eigenvalue weighted by molar-refractivity contribution is -0.883. The highest BCUT2D eigenvalue weighted by atomic mass is 35.5. The van der Waals surface area contributed by atoms with Crippen molar-refractivity contribution in [3.63, 3.8) is 0 Å². The molecule has 0 aromatic carbocycles. The average Bonchev–Trinajstić information content (AvgIpc) is 3.91. The van der Waals surface area contributed by atoms with Crippen molar-refractivity contribution in [2.75, 3.05) is 76.3 Å². The lowest BCUT2D eigenvalue weighted by atomic mass is 10.2. The van der Waals surface area contributed by atoms with Crippen molar-refractivity contribution in [3.8, 4) is 12.1 Å². The van der Waals surface area contributed by atoms with E-state index in [1.807, 2.05) is 7.05 Å². The first-order valence-electron chi connectivity index (χ1n) is 23.0. The SMILES string of the molecule is CC#N.CC#N.CN1CCN(C(=O)OC2c3nccnc3C(=O)N2c2ccc(Cl)cn2)CC1.C[NH+]1CCN(C(=O)O[C@H]2c3nccnc3C(=O)N2c2ccc(Cl)cn2)CC1.O=C(O)[C@H](O)[C@@H](O)C(=O)O.O=C([O-])[C@H](O)[C@@H](O)C(=O)O. The summed E-state index contributed by atoms with van der Waals surface area (Å²) in [6.45, 7) is 8.38. The summed E-state index contributed by atoms with van der Waals surface area (Å²) in [5, 5.41) is 82.2. The average molecular weight is 1160 g/mol. The number of carboxylic acids is 4. The second-order valence-corrected chi connectivity index (χ2v) is 17.2. The number of rotatable bonds is 10. The van der Waals surface area contributed by atoms with E-state index in [2.05, 4.69) is 41.9 Å². The van der Waals surface area contributed by atoms with Crippen molar-refractivity contribution in [2.24, 2.45) is 0 Å². The van der Waals surface area contributed by atoms with Crippen LogP contribution in [-0.2, 0) is 28.7 Å².